The fourth-order valence-electron chi connectivity index (χ4n) is 2.47. The highest BCUT2D eigenvalue weighted by atomic mass is 16.5. The molecule has 0 bridgehead atoms. The van der Waals surface area contributed by atoms with Crippen LogP contribution in [0.1, 0.15) is 39.2 Å². The van der Waals surface area contributed by atoms with Gasteiger partial charge in [0.1, 0.15) is 12.4 Å². The minimum Gasteiger partial charge on any atom is -0.459 e. The molecule has 1 N–H and O–H groups in total. The Morgan fingerprint density at radius 1 is 1.15 bits per heavy atom. The number of nitrogens with one attached hydrogen (secondary N) is 1. The number of aromatic nitrogens is 1. The lowest BCUT2D eigenvalue weighted by molar-refractivity contribution is -0.147. The Labute approximate surface area is 149 Å². The van der Waals surface area contributed by atoms with E-state index in [0.717, 1.165) is 0 Å². The lowest BCUT2D eigenvalue weighted by atomic mass is 10.1. The van der Waals surface area contributed by atoms with E-state index < -0.39 is 17.9 Å². The van der Waals surface area contributed by atoms with Gasteiger partial charge in [-0.2, -0.15) is 0 Å². The number of carbonyl (C=O) groups excluding carboxylic acids is 2. The molecule has 0 spiro atoms. The van der Waals surface area contributed by atoms with Crippen molar-refractivity contribution in [2.45, 2.75) is 26.5 Å². The molecule has 0 saturated heterocycles. The van der Waals surface area contributed by atoms with E-state index in [2.05, 4.69) is 10.5 Å². The summed E-state index contributed by atoms with van der Waals surface area (Å²) in [4.78, 5) is 24.9. The number of hydrogen-bond donors (Lipinski definition) is 1. The van der Waals surface area contributed by atoms with Crippen LogP contribution in [0, 0.1) is 13.8 Å². The molecule has 0 fully saturated rings. The highest BCUT2D eigenvalue weighted by molar-refractivity contribution is 5.94. The van der Waals surface area contributed by atoms with Gasteiger partial charge in [0.15, 0.2) is 11.8 Å². The van der Waals surface area contributed by atoms with Gasteiger partial charge in [0.2, 0.25) is 0 Å². The van der Waals surface area contributed by atoms with Crippen LogP contribution in [0.5, 0.6) is 0 Å². The monoisotopic (exact) mass is 354 g/mol. The normalized spacial score (nSPS) is 11.8. The van der Waals surface area contributed by atoms with E-state index in [-0.39, 0.29) is 12.4 Å². The molecule has 3 rings (SSSR count). The second-order valence-electron chi connectivity index (χ2n) is 5.70. The Morgan fingerprint density at radius 3 is 2.54 bits per heavy atom. The Hall–Kier alpha value is -3.35. The lowest BCUT2D eigenvalue weighted by Gasteiger charge is -2.17. The van der Waals surface area contributed by atoms with Crippen LogP contribution >= 0.6 is 0 Å². The third-order valence-electron chi connectivity index (χ3n) is 3.93. The third-order valence-corrected chi connectivity index (χ3v) is 3.93. The SMILES string of the molecule is Cc1noc(C)c1COC(=O)C(NC(=O)c1ccco1)c1ccccc1. The Kier molecular flexibility index (Phi) is 5.17. The molecule has 0 aliphatic rings. The largest absolute Gasteiger partial charge is 0.459 e. The van der Waals surface area contributed by atoms with Gasteiger partial charge in [0.25, 0.3) is 5.91 Å². The zero-order valence-corrected chi connectivity index (χ0v) is 14.4. The predicted octanol–water partition coefficient (Wildman–Crippen LogP) is 3.10. The first-order chi connectivity index (χ1) is 12.6. The summed E-state index contributed by atoms with van der Waals surface area (Å²) in [5.74, 6) is -0.384. The van der Waals surface area contributed by atoms with E-state index in [0.29, 0.717) is 22.6 Å². The van der Waals surface area contributed by atoms with E-state index in [1.807, 2.05) is 6.07 Å². The van der Waals surface area contributed by atoms with Crippen LogP contribution in [0.3, 0.4) is 0 Å². The van der Waals surface area contributed by atoms with Crippen LogP contribution in [-0.4, -0.2) is 17.0 Å². The van der Waals surface area contributed by atoms with E-state index in [9.17, 15) is 9.59 Å². The number of rotatable bonds is 6. The van der Waals surface area contributed by atoms with Gasteiger partial charge in [0, 0.05) is 0 Å². The number of benzene rings is 1. The van der Waals surface area contributed by atoms with Crippen molar-refractivity contribution < 1.29 is 23.3 Å². The van der Waals surface area contributed by atoms with E-state index in [1.165, 1.54) is 12.3 Å². The highest BCUT2D eigenvalue weighted by Crippen LogP contribution is 2.19. The maximum atomic E-state index is 12.6. The molecule has 2 aromatic heterocycles. The minimum atomic E-state index is -0.964. The summed E-state index contributed by atoms with van der Waals surface area (Å²) in [5.41, 5.74) is 1.98. The van der Waals surface area contributed by atoms with Crippen LogP contribution in [0.2, 0.25) is 0 Å². The van der Waals surface area contributed by atoms with Gasteiger partial charge in [-0.15, -0.1) is 0 Å². The number of amides is 1. The molecule has 0 aliphatic carbocycles. The fourth-order valence-corrected chi connectivity index (χ4v) is 2.47. The Bertz CT molecular complexity index is 865. The van der Waals surface area contributed by atoms with Crippen molar-refractivity contribution in [3.63, 3.8) is 0 Å². The Balaban J connectivity index is 1.76. The van der Waals surface area contributed by atoms with Crippen molar-refractivity contribution in [1.82, 2.24) is 10.5 Å². The van der Waals surface area contributed by atoms with Gasteiger partial charge >= 0.3 is 5.97 Å². The van der Waals surface area contributed by atoms with Crippen LogP contribution in [0.4, 0.5) is 0 Å². The smallest absolute Gasteiger partial charge is 0.333 e. The summed E-state index contributed by atoms with van der Waals surface area (Å²) in [6.45, 7) is 3.53. The molecule has 3 aromatic rings. The quantitative estimate of drug-likeness (QED) is 0.684. The molecule has 2 heterocycles. The van der Waals surface area contributed by atoms with Crippen molar-refractivity contribution in [3.8, 4) is 0 Å². The number of esters is 1. The predicted molar refractivity (Wildman–Crippen MR) is 91.1 cm³/mol. The maximum absolute atomic E-state index is 12.6. The topological polar surface area (TPSA) is 94.6 Å². The standard InChI is InChI=1S/C19H18N2O5/c1-12-15(13(2)26-21-12)11-25-19(23)17(14-7-4-3-5-8-14)20-18(22)16-9-6-10-24-16/h3-10,17H,11H2,1-2H3,(H,20,22). The molecule has 0 aliphatic heterocycles. The number of ether oxygens (including phenoxy) is 1. The molecule has 7 heteroatoms. The first kappa shape index (κ1) is 17.5. The molecule has 0 radical (unpaired) electrons. The van der Waals surface area contributed by atoms with Crippen molar-refractivity contribution in [3.05, 3.63) is 77.1 Å². The fraction of sp³-hybridized carbons (Fsp3) is 0.211. The van der Waals surface area contributed by atoms with Gasteiger partial charge in [0.05, 0.1) is 17.5 Å². The van der Waals surface area contributed by atoms with Gasteiger partial charge in [-0.3, -0.25) is 4.79 Å². The van der Waals surface area contributed by atoms with Gasteiger partial charge < -0.3 is 19.0 Å². The molecule has 1 aromatic carbocycles. The molecular formula is C19H18N2O5. The molecule has 26 heavy (non-hydrogen) atoms. The van der Waals surface area contributed by atoms with Crippen molar-refractivity contribution >= 4 is 11.9 Å². The van der Waals surface area contributed by atoms with Crippen LogP contribution in [0.15, 0.2) is 57.7 Å². The number of nitrogens with zero attached hydrogens (tertiary/aromatic N) is 1. The zero-order valence-electron chi connectivity index (χ0n) is 14.4. The molecule has 134 valence electrons. The molecular weight excluding hydrogens is 336 g/mol. The minimum absolute atomic E-state index is 0.0138. The number of hydrogen-bond acceptors (Lipinski definition) is 6. The van der Waals surface area contributed by atoms with Gasteiger partial charge in [-0.05, 0) is 31.5 Å². The second-order valence-corrected chi connectivity index (χ2v) is 5.70. The summed E-state index contributed by atoms with van der Waals surface area (Å²) >= 11 is 0. The van der Waals surface area contributed by atoms with Gasteiger partial charge in [-0.1, -0.05) is 35.5 Å². The number of carbonyl (C=O) groups is 2. The Morgan fingerprint density at radius 2 is 1.92 bits per heavy atom. The van der Waals surface area contributed by atoms with Gasteiger partial charge in [-0.25, -0.2) is 4.79 Å². The first-order valence-electron chi connectivity index (χ1n) is 8.04. The molecule has 1 atom stereocenters. The summed E-state index contributed by atoms with van der Waals surface area (Å²) in [7, 11) is 0. The van der Waals surface area contributed by atoms with E-state index in [1.54, 1.807) is 44.2 Å². The van der Waals surface area contributed by atoms with Crippen LogP contribution in [0.25, 0.3) is 0 Å². The molecule has 1 amide bonds. The second kappa shape index (κ2) is 7.69. The van der Waals surface area contributed by atoms with E-state index >= 15 is 0 Å². The molecule has 0 saturated carbocycles. The van der Waals surface area contributed by atoms with Crippen molar-refractivity contribution in [1.29, 1.82) is 0 Å². The third kappa shape index (κ3) is 3.83. The lowest BCUT2D eigenvalue weighted by Crippen LogP contribution is -2.34. The first-order valence-corrected chi connectivity index (χ1v) is 8.04. The summed E-state index contributed by atoms with van der Waals surface area (Å²) < 4.78 is 15.5. The van der Waals surface area contributed by atoms with Crippen LogP contribution < -0.4 is 5.32 Å². The summed E-state index contributed by atoms with van der Waals surface area (Å²) in [6, 6.07) is 11.0. The summed E-state index contributed by atoms with van der Waals surface area (Å²) in [6.07, 6.45) is 1.39. The average molecular weight is 354 g/mol. The van der Waals surface area contributed by atoms with Crippen molar-refractivity contribution in [2.24, 2.45) is 0 Å². The molecule has 1 unspecified atom stereocenters. The van der Waals surface area contributed by atoms with E-state index in [4.69, 9.17) is 13.7 Å². The maximum Gasteiger partial charge on any atom is 0.333 e. The summed E-state index contributed by atoms with van der Waals surface area (Å²) in [5, 5.41) is 6.48. The molecule has 7 nitrogen and oxygen atoms in total. The van der Waals surface area contributed by atoms with Crippen LogP contribution in [-0.2, 0) is 16.1 Å². The van der Waals surface area contributed by atoms with Crippen molar-refractivity contribution in [2.75, 3.05) is 0 Å². The average Bonchev–Trinajstić information content (AvgIpc) is 3.29. The number of furan rings is 1. The zero-order chi connectivity index (χ0) is 18.5. The number of aryl methyl sites for hydroxylation is 2. The highest BCUT2D eigenvalue weighted by Gasteiger charge is 2.26.